The van der Waals surface area contributed by atoms with Gasteiger partial charge in [-0.1, -0.05) is 75.5 Å². The van der Waals surface area contributed by atoms with Crippen LogP contribution in [0.3, 0.4) is 0 Å². The van der Waals surface area contributed by atoms with Crippen molar-refractivity contribution in [3.63, 3.8) is 0 Å². The Balaban J connectivity index is 1.62. The van der Waals surface area contributed by atoms with E-state index in [-0.39, 0.29) is 57.8 Å². The highest BCUT2D eigenvalue weighted by Gasteiger charge is 2.61. The monoisotopic (exact) mass is 804 g/mol. The Morgan fingerprint density at radius 2 is 1.76 bits per heavy atom. The molecule has 3 aromatic rings. The average Bonchev–Trinajstić information content (AvgIpc) is 3.43. The van der Waals surface area contributed by atoms with Gasteiger partial charge in [0, 0.05) is 22.5 Å². The number of amides is 2. The molecule has 5 atom stereocenters. The smallest absolute Gasteiger partial charge is 0.407 e. The van der Waals surface area contributed by atoms with Crippen LogP contribution >= 0.6 is 23.2 Å². The Morgan fingerprint density at radius 1 is 1.05 bits per heavy atom. The summed E-state index contributed by atoms with van der Waals surface area (Å²) in [6.07, 6.45) is -1.54. The summed E-state index contributed by atoms with van der Waals surface area (Å²) in [5.74, 6) is -4.45. The van der Waals surface area contributed by atoms with Gasteiger partial charge in [-0.15, -0.1) is 0 Å². The number of nitrogens with one attached hydrogen (secondary N) is 3. The standard InChI is InChI=1S/C39H44Cl2F2N4O8/c1-6-8-28(35(49)50)46-37(52)55-16-15-54-36(51)21-11-14-27(29(17-21)53-5)45-34(48)33-31(23-9-7-10-25(41)32(23)43)39(20-44,30(47-33)19-38(2,3)4)24-13-12-22(40)18-26(24)42/h7,9-14,17-18,28,30-31,33,35,47,49-50H,6,8,15-16,19H2,1-5H3,(H,45,48)(H,46,52)/t28-,30-,31-,33+,39-/m0/s1. The van der Waals surface area contributed by atoms with Crippen LogP contribution in [0, 0.1) is 28.4 Å². The molecule has 3 aromatic carbocycles. The zero-order valence-corrected chi connectivity index (χ0v) is 32.4. The minimum absolute atomic E-state index is 0.0236. The van der Waals surface area contributed by atoms with Crippen molar-refractivity contribution < 1.29 is 47.6 Å². The van der Waals surface area contributed by atoms with E-state index in [0.717, 1.165) is 6.07 Å². The van der Waals surface area contributed by atoms with Crippen molar-refractivity contribution in [1.29, 1.82) is 5.26 Å². The molecule has 1 fully saturated rings. The van der Waals surface area contributed by atoms with Gasteiger partial charge >= 0.3 is 12.1 Å². The first-order chi connectivity index (χ1) is 26.0. The molecule has 1 aliphatic rings. The van der Waals surface area contributed by atoms with E-state index in [1.807, 2.05) is 20.8 Å². The van der Waals surface area contributed by atoms with E-state index in [2.05, 4.69) is 22.0 Å². The molecule has 1 aliphatic heterocycles. The Labute approximate surface area is 328 Å². The fourth-order valence-electron chi connectivity index (χ4n) is 6.84. The number of ether oxygens (including phenoxy) is 3. The molecule has 0 aromatic heterocycles. The Bertz CT molecular complexity index is 1920. The van der Waals surface area contributed by atoms with E-state index in [9.17, 15) is 29.9 Å². The maximum Gasteiger partial charge on any atom is 0.407 e. The van der Waals surface area contributed by atoms with Crippen molar-refractivity contribution in [2.45, 2.75) is 82.7 Å². The lowest BCUT2D eigenvalue weighted by Gasteiger charge is -2.37. The largest absolute Gasteiger partial charge is 0.495 e. The highest BCUT2D eigenvalue weighted by atomic mass is 35.5. The number of carbonyl (C=O) groups excluding carboxylic acids is 3. The van der Waals surface area contributed by atoms with Crippen molar-refractivity contribution in [1.82, 2.24) is 10.6 Å². The molecule has 2 amide bonds. The van der Waals surface area contributed by atoms with Crippen molar-refractivity contribution in [3.05, 3.63) is 93.0 Å². The van der Waals surface area contributed by atoms with Crippen molar-refractivity contribution in [3.8, 4) is 11.8 Å². The summed E-state index contributed by atoms with van der Waals surface area (Å²) >= 11 is 12.3. The number of nitriles is 1. The second-order valence-corrected chi connectivity index (χ2v) is 15.2. The number of esters is 1. The molecule has 5 N–H and O–H groups in total. The molecule has 0 bridgehead atoms. The molecule has 296 valence electrons. The summed E-state index contributed by atoms with van der Waals surface area (Å²) in [5, 5.41) is 38.0. The molecule has 0 unspecified atom stereocenters. The molecule has 0 spiro atoms. The third-order valence-corrected chi connectivity index (χ3v) is 9.77. The summed E-state index contributed by atoms with van der Waals surface area (Å²) in [6.45, 7) is 6.92. The summed E-state index contributed by atoms with van der Waals surface area (Å²) in [5.41, 5.74) is -2.30. The number of hydrogen-bond donors (Lipinski definition) is 5. The van der Waals surface area contributed by atoms with E-state index in [1.165, 1.54) is 55.6 Å². The minimum Gasteiger partial charge on any atom is -0.495 e. The van der Waals surface area contributed by atoms with Crippen molar-refractivity contribution >= 4 is 46.9 Å². The van der Waals surface area contributed by atoms with Gasteiger partial charge in [0.2, 0.25) is 5.91 Å². The molecule has 1 saturated heterocycles. The van der Waals surface area contributed by atoms with Crippen LogP contribution in [0.2, 0.25) is 10.0 Å². The minimum atomic E-state index is -1.84. The van der Waals surface area contributed by atoms with Crippen molar-refractivity contribution in [2.24, 2.45) is 5.41 Å². The molecule has 4 rings (SSSR count). The van der Waals surface area contributed by atoms with Gasteiger partial charge in [0.05, 0.1) is 41.5 Å². The van der Waals surface area contributed by atoms with Gasteiger partial charge in [-0.05, 0) is 60.2 Å². The fraction of sp³-hybridized carbons (Fsp3) is 0.436. The van der Waals surface area contributed by atoms with Crippen LogP contribution in [-0.2, 0) is 19.7 Å². The number of rotatable bonds is 14. The van der Waals surface area contributed by atoms with Crippen LogP contribution < -0.4 is 20.7 Å². The molecule has 1 heterocycles. The van der Waals surface area contributed by atoms with Gasteiger partial charge in [0.25, 0.3) is 0 Å². The maximum atomic E-state index is 16.0. The number of halogens is 4. The summed E-state index contributed by atoms with van der Waals surface area (Å²) in [6, 6.07) is 11.3. The first-order valence-electron chi connectivity index (χ1n) is 17.5. The summed E-state index contributed by atoms with van der Waals surface area (Å²) in [7, 11) is 1.31. The molecule has 55 heavy (non-hydrogen) atoms. The van der Waals surface area contributed by atoms with Gasteiger partial charge in [-0.3, -0.25) is 4.79 Å². The van der Waals surface area contributed by atoms with Crippen LogP contribution in [0.5, 0.6) is 5.75 Å². The van der Waals surface area contributed by atoms with Crippen LogP contribution in [0.15, 0.2) is 54.6 Å². The van der Waals surface area contributed by atoms with Gasteiger partial charge in [0.15, 0.2) is 6.29 Å². The molecular weight excluding hydrogens is 761 g/mol. The number of nitrogens with zero attached hydrogens (tertiary/aromatic N) is 1. The number of hydrogen-bond acceptors (Lipinski definition) is 10. The van der Waals surface area contributed by atoms with E-state index in [4.69, 9.17) is 37.4 Å². The molecular formula is C39H44Cl2F2N4O8. The first kappa shape index (κ1) is 43.2. The van der Waals surface area contributed by atoms with Crippen molar-refractivity contribution in [2.75, 3.05) is 25.6 Å². The average molecular weight is 806 g/mol. The maximum absolute atomic E-state index is 16.0. The number of aliphatic hydroxyl groups is 2. The zero-order chi connectivity index (χ0) is 40.7. The normalized spacial score (nSPS) is 20.0. The lowest BCUT2D eigenvalue weighted by Crippen LogP contribution is -2.45. The van der Waals surface area contributed by atoms with Crippen LogP contribution in [-0.4, -0.2) is 72.9 Å². The third kappa shape index (κ3) is 10.0. The molecule has 0 radical (unpaired) electrons. The number of anilines is 1. The Morgan fingerprint density at radius 3 is 2.38 bits per heavy atom. The Hall–Kier alpha value is -4.52. The molecule has 0 aliphatic carbocycles. The predicted octanol–water partition coefficient (Wildman–Crippen LogP) is 6.60. The van der Waals surface area contributed by atoms with Crippen LogP contribution in [0.25, 0.3) is 0 Å². The highest BCUT2D eigenvalue weighted by Crippen LogP contribution is 2.53. The fourth-order valence-corrected chi connectivity index (χ4v) is 7.18. The van der Waals surface area contributed by atoms with Gasteiger partial charge in [0.1, 0.15) is 36.0 Å². The second kappa shape index (κ2) is 18.4. The van der Waals surface area contributed by atoms with Gasteiger partial charge in [-0.25, -0.2) is 18.4 Å². The zero-order valence-electron chi connectivity index (χ0n) is 30.9. The van der Waals surface area contributed by atoms with E-state index < -0.39 is 70.8 Å². The van der Waals surface area contributed by atoms with E-state index in [0.29, 0.717) is 12.8 Å². The van der Waals surface area contributed by atoms with E-state index >= 15 is 8.78 Å². The first-order valence-corrected chi connectivity index (χ1v) is 18.2. The summed E-state index contributed by atoms with van der Waals surface area (Å²) in [4.78, 5) is 39.2. The highest BCUT2D eigenvalue weighted by molar-refractivity contribution is 6.31. The van der Waals surface area contributed by atoms with Gasteiger partial charge in [-0.2, -0.15) is 5.26 Å². The predicted molar refractivity (Wildman–Crippen MR) is 201 cm³/mol. The lowest BCUT2D eigenvalue weighted by atomic mass is 9.62. The van der Waals surface area contributed by atoms with E-state index in [1.54, 1.807) is 6.92 Å². The number of benzene rings is 3. The molecule has 0 saturated carbocycles. The second-order valence-electron chi connectivity index (χ2n) is 14.3. The third-order valence-electron chi connectivity index (χ3n) is 9.24. The quantitative estimate of drug-likeness (QED) is 0.0677. The number of methoxy groups -OCH3 is 1. The Kier molecular flexibility index (Phi) is 14.5. The number of aliphatic hydroxyl groups excluding tert-OH is 1. The lowest BCUT2D eigenvalue weighted by molar-refractivity contribution is -0.118. The topological polar surface area (TPSA) is 179 Å². The number of carbonyl (C=O) groups is 3. The SMILES string of the molecule is CCC[C@H](NC(=O)OCCOC(=O)c1ccc(NC(=O)[C@@H]2N[C@@H](CC(C)(C)C)[C@](C#N)(c3ccc(Cl)cc3F)[C@H]2c2cccc(Cl)c2F)c(OC)c1)C(O)O. The summed E-state index contributed by atoms with van der Waals surface area (Å²) < 4.78 is 47.6. The van der Waals surface area contributed by atoms with Crippen LogP contribution in [0.4, 0.5) is 19.3 Å². The van der Waals surface area contributed by atoms with Gasteiger partial charge < -0.3 is 40.4 Å². The van der Waals surface area contributed by atoms with Crippen LogP contribution in [0.1, 0.15) is 74.4 Å². The number of alkyl carbamates (subject to hydrolysis) is 1. The molecule has 12 nitrogen and oxygen atoms in total. The molecule has 16 heteroatoms.